The number of aliphatic hydroxyl groups is 1. The summed E-state index contributed by atoms with van der Waals surface area (Å²) in [5.74, 6) is -0.938. The van der Waals surface area contributed by atoms with Crippen molar-refractivity contribution in [2.75, 3.05) is 0 Å². The van der Waals surface area contributed by atoms with Crippen molar-refractivity contribution in [2.45, 2.75) is 25.0 Å². The van der Waals surface area contributed by atoms with Gasteiger partial charge >= 0.3 is 5.97 Å². The van der Waals surface area contributed by atoms with Crippen LogP contribution < -0.4 is 5.73 Å². The molecule has 0 heterocycles. The Kier molecular flexibility index (Phi) is 2.26. The van der Waals surface area contributed by atoms with Gasteiger partial charge < -0.3 is 15.9 Å². The van der Waals surface area contributed by atoms with Crippen LogP contribution in [0.5, 0.6) is 0 Å². The lowest BCUT2D eigenvalue weighted by molar-refractivity contribution is -0.133. The maximum Gasteiger partial charge on any atom is 0.331 e. The van der Waals surface area contributed by atoms with Gasteiger partial charge in [-0.25, -0.2) is 4.79 Å². The van der Waals surface area contributed by atoms with E-state index < -0.39 is 18.1 Å². The Hall–Kier alpha value is -0.870. The van der Waals surface area contributed by atoms with Gasteiger partial charge in [-0.05, 0) is 12.8 Å². The van der Waals surface area contributed by atoms with Gasteiger partial charge in [-0.3, -0.25) is 0 Å². The van der Waals surface area contributed by atoms with E-state index in [0.29, 0.717) is 12.0 Å². The molecule has 0 amide bonds. The average molecular weight is 157 g/mol. The lowest BCUT2D eigenvalue weighted by Gasteiger charge is -2.22. The van der Waals surface area contributed by atoms with Gasteiger partial charge in [0.1, 0.15) is 0 Å². The van der Waals surface area contributed by atoms with E-state index in [0.717, 1.165) is 0 Å². The summed E-state index contributed by atoms with van der Waals surface area (Å²) in [7, 11) is 0. The third-order valence-electron chi connectivity index (χ3n) is 1.83. The van der Waals surface area contributed by atoms with Crippen LogP contribution >= 0.6 is 0 Å². The number of nitrogens with two attached hydrogens (primary N) is 1. The molecule has 4 heteroatoms. The summed E-state index contributed by atoms with van der Waals surface area (Å²) < 4.78 is 0. The molecule has 4 nitrogen and oxygen atoms in total. The molecule has 0 aromatic carbocycles. The fourth-order valence-corrected chi connectivity index (χ4v) is 1.09. The molecule has 0 aromatic rings. The van der Waals surface area contributed by atoms with Gasteiger partial charge in [0.2, 0.25) is 0 Å². The minimum atomic E-state index is -0.938. The molecule has 4 N–H and O–H groups in total. The molecule has 0 spiro atoms. The molecular formula is C7H11NO3. The van der Waals surface area contributed by atoms with Gasteiger partial charge in [0.05, 0.1) is 6.10 Å². The van der Waals surface area contributed by atoms with Gasteiger partial charge in [0.25, 0.3) is 0 Å². The molecule has 2 atom stereocenters. The zero-order chi connectivity index (χ0) is 8.43. The zero-order valence-electron chi connectivity index (χ0n) is 6.03. The Bertz CT molecular complexity index is 200. The van der Waals surface area contributed by atoms with Crippen molar-refractivity contribution in [3.05, 3.63) is 11.6 Å². The second kappa shape index (κ2) is 3.02. The lowest BCUT2D eigenvalue weighted by Crippen LogP contribution is -2.37. The van der Waals surface area contributed by atoms with Gasteiger partial charge in [-0.2, -0.15) is 0 Å². The van der Waals surface area contributed by atoms with Crippen molar-refractivity contribution in [3.63, 3.8) is 0 Å². The summed E-state index contributed by atoms with van der Waals surface area (Å²) in [5.41, 5.74) is 5.76. The number of aliphatic carboxylic acids is 1. The molecule has 0 bridgehead atoms. The Morgan fingerprint density at radius 1 is 1.73 bits per heavy atom. The quantitative estimate of drug-likeness (QED) is 0.478. The highest BCUT2D eigenvalue weighted by Crippen LogP contribution is 2.17. The zero-order valence-corrected chi connectivity index (χ0v) is 6.03. The third kappa shape index (κ3) is 1.78. The smallest absolute Gasteiger partial charge is 0.331 e. The molecule has 1 aliphatic carbocycles. The summed E-state index contributed by atoms with van der Waals surface area (Å²) >= 11 is 0. The van der Waals surface area contributed by atoms with Crippen molar-refractivity contribution in [3.8, 4) is 0 Å². The van der Waals surface area contributed by atoms with Crippen molar-refractivity contribution < 1.29 is 15.0 Å². The van der Waals surface area contributed by atoms with Gasteiger partial charge in [-0.1, -0.05) is 6.08 Å². The van der Waals surface area contributed by atoms with Crippen LogP contribution in [-0.4, -0.2) is 28.3 Å². The summed E-state index contributed by atoms with van der Waals surface area (Å²) in [6.07, 6.45) is 1.55. The van der Waals surface area contributed by atoms with Gasteiger partial charge in [0, 0.05) is 11.6 Å². The molecule has 62 valence electrons. The average Bonchev–Trinajstić information content (AvgIpc) is 1.94. The molecule has 0 saturated carbocycles. The standard InChI is InChI=1S/C7H11NO3/c8-5-3-4(7(10)11)1-2-6(5)9/h1,5-6,9H,2-3,8H2,(H,10,11). The highest BCUT2D eigenvalue weighted by molar-refractivity contribution is 5.86. The fraction of sp³-hybridized carbons (Fsp3) is 0.571. The van der Waals surface area contributed by atoms with Gasteiger partial charge in [-0.15, -0.1) is 0 Å². The second-order valence-electron chi connectivity index (χ2n) is 2.71. The Morgan fingerprint density at radius 2 is 2.36 bits per heavy atom. The molecule has 0 radical (unpaired) electrons. The number of hydrogen-bond donors (Lipinski definition) is 3. The Morgan fingerprint density at radius 3 is 2.82 bits per heavy atom. The molecular weight excluding hydrogens is 146 g/mol. The second-order valence-corrected chi connectivity index (χ2v) is 2.71. The van der Waals surface area contributed by atoms with Crippen LogP contribution in [0.2, 0.25) is 0 Å². The number of rotatable bonds is 1. The van der Waals surface area contributed by atoms with Crippen LogP contribution in [0.15, 0.2) is 11.6 Å². The Labute approximate surface area is 64.3 Å². The van der Waals surface area contributed by atoms with Crippen LogP contribution in [0.25, 0.3) is 0 Å². The van der Waals surface area contributed by atoms with Crippen LogP contribution in [0.4, 0.5) is 0 Å². The maximum atomic E-state index is 10.4. The largest absolute Gasteiger partial charge is 0.478 e. The Balaban J connectivity index is 2.66. The van der Waals surface area contributed by atoms with E-state index in [-0.39, 0.29) is 6.42 Å². The van der Waals surface area contributed by atoms with E-state index >= 15 is 0 Å². The highest BCUT2D eigenvalue weighted by atomic mass is 16.4. The molecule has 1 aliphatic rings. The van der Waals surface area contributed by atoms with E-state index in [9.17, 15) is 4.79 Å². The van der Waals surface area contributed by atoms with E-state index in [1.807, 2.05) is 0 Å². The first-order valence-corrected chi connectivity index (χ1v) is 3.47. The van der Waals surface area contributed by atoms with Crippen molar-refractivity contribution in [1.82, 2.24) is 0 Å². The summed E-state index contributed by atoms with van der Waals surface area (Å²) in [6.45, 7) is 0. The van der Waals surface area contributed by atoms with Crippen LogP contribution in [-0.2, 0) is 4.79 Å². The molecule has 0 fully saturated rings. The lowest BCUT2D eigenvalue weighted by atomic mass is 9.93. The first-order chi connectivity index (χ1) is 5.11. The minimum Gasteiger partial charge on any atom is -0.478 e. The van der Waals surface area contributed by atoms with Crippen LogP contribution in [0.3, 0.4) is 0 Å². The van der Waals surface area contributed by atoms with Crippen molar-refractivity contribution in [2.24, 2.45) is 5.73 Å². The minimum absolute atomic E-state index is 0.260. The highest BCUT2D eigenvalue weighted by Gasteiger charge is 2.23. The van der Waals surface area contributed by atoms with Crippen LogP contribution in [0.1, 0.15) is 12.8 Å². The molecule has 1 rings (SSSR count). The normalized spacial score (nSPS) is 31.3. The number of carboxylic acid groups (broad SMARTS) is 1. The predicted molar refractivity (Wildman–Crippen MR) is 38.9 cm³/mol. The van der Waals surface area contributed by atoms with E-state index in [1.165, 1.54) is 6.08 Å². The maximum absolute atomic E-state index is 10.4. The predicted octanol–water partition coefficient (Wildman–Crippen LogP) is -0.521. The molecule has 0 saturated heterocycles. The van der Waals surface area contributed by atoms with E-state index in [2.05, 4.69) is 0 Å². The van der Waals surface area contributed by atoms with Crippen LogP contribution in [0, 0.1) is 0 Å². The number of carboxylic acids is 1. The molecule has 0 aromatic heterocycles. The molecule has 2 unspecified atom stereocenters. The monoisotopic (exact) mass is 157 g/mol. The number of hydrogen-bond acceptors (Lipinski definition) is 3. The van der Waals surface area contributed by atoms with Crippen molar-refractivity contribution in [1.29, 1.82) is 0 Å². The van der Waals surface area contributed by atoms with Crippen molar-refractivity contribution >= 4 is 5.97 Å². The molecule has 0 aliphatic heterocycles. The fourth-order valence-electron chi connectivity index (χ4n) is 1.09. The van der Waals surface area contributed by atoms with Gasteiger partial charge in [0.15, 0.2) is 0 Å². The number of aliphatic hydroxyl groups excluding tert-OH is 1. The van der Waals surface area contributed by atoms with E-state index in [1.54, 1.807) is 0 Å². The summed E-state index contributed by atoms with van der Waals surface area (Å²) in [4.78, 5) is 10.4. The third-order valence-corrected chi connectivity index (χ3v) is 1.83. The summed E-state index contributed by atoms with van der Waals surface area (Å²) in [6, 6.07) is -0.425. The topological polar surface area (TPSA) is 83.6 Å². The number of carbonyl (C=O) groups is 1. The molecule has 11 heavy (non-hydrogen) atoms. The first kappa shape index (κ1) is 8.23. The van der Waals surface area contributed by atoms with E-state index in [4.69, 9.17) is 15.9 Å². The SMILES string of the molecule is NC1CC(C(=O)O)=CCC1O. The first-order valence-electron chi connectivity index (χ1n) is 3.47. The summed E-state index contributed by atoms with van der Waals surface area (Å²) in [5, 5.41) is 17.7.